The third-order valence-electron chi connectivity index (χ3n) is 2.38. The highest BCUT2D eigenvalue weighted by Gasteiger charge is 2.07. The molecule has 0 bridgehead atoms. The SMILES string of the molecule is O=C(Cc1ccccc1)Sc1cccccc1=O. The number of hydrogen-bond acceptors (Lipinski definition) is 3. The van der Waals surface area contributed by atoms with Gasteiger partial charge in [-0.05, 0) is 29.5 Å². The Labute approximate surface area is 110 Å². The normalized spacial score (nSPS) is 10.0. The van der Waals surface area contributed by atoms with E-state index in [2.05, 4.69) is 0 Å². The average molecular weight is 256 g/mol. The minimum absolute atomic E-state index is 0.0236. The molecule has 18 heavy (non-hydrogen) atoms. The van der Waals surface area contributed by atoms with Gasteiger partial charge in [-0.15, -0.1) is 0 Å². The van der Waals surface area contributed by atoms with Crippen LogP contribution in [0.25, 0.3) is 0 Å². The Morgan fingerprint density at radius 1 is 0.889 bits per heavy atom. The van der Waals surface area contributed by atoms with Crippen molar-refractivity contribution in [1.82, 2.24) is 0 Å². The quantitative estimate of drug-likeness (QED) is 0.792. The van der Waals surface area contributed by atoms with Crippen LogP contribution in [0, 0.1) is 0 Å². The van der Waals surface area contributed by atoms with Crippen LogP contribution in [0.2, 0.25) is 0 Å². The standard InChI is InChI=1S/C15H12O2S/c16-13-9-5-2-6-10-14(13)18-15(17)11-12-7-3-1-4-8-12/h1-10H,11H2. The first kappa shape index (κ1) is 12.6. The molecule has 2 nitrogen and oxygen atoms in total. The maximum Gasteiger partial charge on any atom is 0.198 e. The summed E-state index contributed by atoms with van der Waals surface area (Å²) in [5, 5.41) is -0.0236. The molecule has 2 aromatic rings. The topological polar surface area (TPSA) is 34.1 Å². The molecule has 0 aromatic heterocycles. The van der Waals surface area contributed by atoms with Crippen LogP contribution in [0.1, 0.15) is 5.56 Å². The summed E-state index contributed by atoms with van der Waals surface area (Å²) in [6.45, 7) is 0. The van der Waals surface area contributed by atoms with Crippen LogP contribution in [0.4, 0.5) is 0 Å². The van der Waals surface area contributed by atoms with Crippen molar-refractivity contribution in [2.24, 2.45) is 0 Å². The molecule has 0 fully saturated rings. The van der Waals surface area contributed by atoms with Crippen LogP contribution in [0.5, 0.6) is 0 Å². The molecule has 90 valence electrons. The van der Waals surface area contributed by atoms with Gasteiger partial charge in [0.05, 0.1) is 4.90 Å². The smallest absolute Gasteiger partial charge is 0.198 e. The summed E-state index contributed by atoms with van der Waals surface area (Å²) in [5.74, 6) is 0. The number of rotatable bonds is 3. The third kappa shape index (κ3) is 3.57. The highest BCUT2D eigenvalue weighted by atomic mass is 32.2. The van der Waals surface area contributed by atoms with Crippen LogP contribution < -0.4 is 5.43 Å². The second-order valence-electron chi connectivity index (χ2n) is 3.78. The minimum Gasteiger partial charge on any atom is -0.289 e. The molecule has 0 spiro atoms. The molecule has 3 heteroatoms. The van der Waals surface area contributed by atoms with Crippen molar-refractivity contribution >= 4 is 16.9 Å². The summed E-state index contributed by atoms with van der Waals surface area (Å²) in [6, 6.07) is 17.9. The van der Waals surface area contributed by atoms with Crippen molar-refractivity contribution in [3.05, 3.63) is 76.5 Å². The van der Waals surface area contributed by atoms with E-state index in [0.29, 0.717) is 11.3 Å². The zero-order valence-electron chi connectivity index (χ0n) is 9.71. The number of carbonyl (C=O) groups excluding carboxylic acids is 1. The summed E-state index contributed by atoms with van der Waals surface area (Å²) in [4.78, 5) is 24.0. The maximum atomic E-state index is 11.9. The van der Waals surface area contributed by atoms with E-state index in [-0.39, 0.29) is 10.5 Å². The predicted molar refractivity (Wildman–Crippen MR) is 73.7 cm³/mol. The van der Waals surface area contributed by atoms with Gasteiger partial charge in [-0.1, -0.05) is 48.5 Å². The van der Waals surface area contributed by atoms with Gasteiger partial charge < -0.3 is 0 Å². The van der Waals surface area contributed by atoms with Crippen molar-refractivity contribution in [2.45, 2.75) is 11.3 Å². The third-order valence-corrected chi connectivity index (χ3v) is 3.30. The van der Waals surface area contributed by atoms with Crippen LogP contribution in [-0.4, -0.2) is 5.12 Å². The van der Waals surface area contributed by atoms with Gasteiger partial charge in [-0.2, -0.15) is 0 Å². The lowest BCUT2D eigenvalue weighted by Crippen LogP contribution is -2.03. The fourth-order valence-electron chi connectivity index (χ4n) is 1.52. The average Bonchev–Trinajstić information content (AvgIpc) is 2.56. The van der Waals surface area contributed by atoms with E-state index in [1.54, 1.807) is 24.3 Å². The number of hydrogen-bond donors (Lipinski definition) is 0. The van der Waals surface area contributed by atoms with Crippen LogP contribution in [0.15, 0.2) is 70.4 Å². The van der Waals surface area contributed by atoms with Crippen molar-refractivity contribution in [3.8, 4) is 0 Å². The van der Waals surface area contributed by atoms with Gasteiger partial charge in [-0.3, -0.25) is 9.59 Å². The van der Waals surface area contributed by atoms with Gasteiger partial charge in [0.1, 0.15) is 0 Å². The van der Waals surface area contributed by atoms with Gasteiger partial charge in [-0.25, -0.2) is 0 Å². The van der Waals surface area contributed by atoms with Crippen molar-refractivity contribution in [1.29, 1.82) is 0 Å². The van der Waals surface area contributed by atoms with E-state index in [1.165, 1.54) is 6.07 Å². The fraction of sp³-hybridized carbons (Fsp3) is 0.0667. The molecule has 0 saturated heterocycles. The Morgan fingerprint density at radius 2 is 1.50 bits per heavy atom. The summed E-state index contributed by atoms with van der Waals surface area (Å²) in [7, 11) is 0. The van der Waals surface area contributed by atoms with Gasteiger partial charge in [0.2, 0.25) is 0 Å². The molecule has 0 saturated carbocycles. The minimum atomic E-state index is -0.119. The Morgan fingerprint density at radius 3 is 2.22 bits per heavy atom. The zero-order chi connectivity index (χ0) is 12.8. The maximum absolute atomic E-state index is 11.9. The van der Waals surface area contributed by atoms with Gasteiger partial charge >= 0.3 is 0 Å². The molecule has 0 radical (unpaired) electrons. The lowest BCUT2D eigenvalue weighted by Gasteiger charge is -1.99. The molecule has 0 amide bonds. The summed E-state index contributed by atoms with van der Waals surface area (Å²) >= 11 is 1.01. The molecule has 0 atom stereocenters. The molecule has 0 aliphatic heterocycles. The molecule has 2 aromatic carbocycles. The number of benzene rings is 1. The Balaban J connectivity index is 2.09. The Hall–Kier alpha value is -1.87. The van der Waals surface area contributed by atoms with Gasteiger partial charge in [0, 0.05) is 6.42 Å². The molecule has 0 heterocycles. The van der Waals surface area contributed by atoms with Gasteiger partial charge in [0.25, 0.3) is 0 Å². The monoisotopic (exact) mass is 256 g/mol. The first-order chi connectivity index (χ1) is 8.75. The molecular formula is C15H12O2S. The summed E-state index contributed by atoms with van der Waals surface area (Å²) in [5.41, 5.74) is 0.842. The first-order valence-corrected chi connectivity index (χ1v) is 6.41. The van der Waals surface area contributed by atoms with E-state index >= 15 is 0 Å². The van der Waals surface area contributed by atoms with Gasteiger partial charge in [0.15, 0.2) is 10.5 Å². The molecule has 0 N–H and O–H groups in total. The molecular weight excluding hydrogens is 244 g/mol. The fourth-order valence-corrected chi connectivity index (χ4v) is 2.32. The zero-order valence-corrected chi connectivity index (χ0v) is 10.5. The largest absolute Gasteiger partial charge is 0.289 e. The first-order valence-electron chi connectivity index (χ1n) is 5.59. The van der Waals surface area contributed by atoms with E-state index in [0.717, 1.165) is 17.3 Å². The second kappa shape index (κ2) is 6.17. The van der Waals surface area contributed by atoms with Crippen molar-refractivity contribution in [2.75, 3.05) is 0 Å². The highest BCUT2D eigenvalue weighted by Crippen LogP contribution is 2.16. The summed E-state index contributed by atoms with van der Waals surface area (Å²) < 4.78 is 0. The predicted octanol–water partition coefficient (Wildman–Crippen LogP) is 2.91. The van der Waals surface area contributed by atoms with Crippen LogP contribution in [0.3, 0.4) is 0 Å². The van der Waals surface area contributed by atoms with E-state index in [4.69, 9.17) is 0 Å². The molecule has 2 rings (SSSR count). The van der Waals surface area contributed by atoms with Crippen molar-refractivity contribution in [3.63, 3.8) is 0 Å². The van der Waals surface area contributed by atoms with Crippen molar-refractivity contribution < 1.29 is 4.79 Å². The van der Waals surface area contributed by atoms with E-state index in [1.807, 2.05) is 30.3 Å². The number of thioether (sulfide) groups is 1. The molecule has 0 aliphatic carbocycles. The second-order valence-corrected chi connectivity index (χ2v) is 4.87. The number of carbonyl (C=O) groups is 1. The lowest BCUT2D eigenvalue weighted by atomic mass is 10.2. The Bertz CT molecular complexity index is 594. The van der Waals surface area contributed by atoms with Crippen LogP contribution in [-0.2, 0) is 11.2 Å². The lowest BCUT2D eigenvalue weighted by molar-refractivity contribution is -0.110. The van der Waals surface area contributed by atoms with E-state index < -0.39 is 0 Å². The molecule has 0 aliphatic rings. The molecule has 0 unspecified atom stereocenters. The Kier molecular flexibility index (Phi) is 4.31. The highest BCUT2D eigenvalue weighted by molar-refractivity contribution is 8.13. The van der Waals surface area contributed by atoms with Crippen LogP contribution >= 0.6 is 11.8 Å². The van der Waals surface area contributed by atoms with E-state index in [9.17, 15) is 9.59 Å². The summed E-state index contributed by atoms with van der Waals surface area (Å²) in [6.07, 6.45) is 0.337.